The Kier molecular flexibility index (Phi) is 3.59. The molecule has 2 aromatic heterocycles. The second-order valence-electron chi connectivity index (χ2n) is 3.84. The largest absolute Gasteiger partial charge is 0.374 e. The molecular formula is C12H17N3OS. The van der Waals surface area contributed by atoms with E-state index < -0.39 is 0 Å². The second-order valence-corrected chi connectivity index (χ2v) is 4.96. The summed E-state index contributed by atoms with van der Waals surface area (Å²) in [6, 6.07) is 2.16. The molecule has 0 spiro atoms. The van der Waals surface area contributed by atoms with Crippen LogP contribution < -0.4 is 5.32 Å². The summed E-state index contributed by atoms with van der Waals surface area (Å²) in [7, 11) is 3.55. The molecule has 1 atom stereocenters. The lowest BCUT2D eigenvalue weighted by Gasteiger charge is -2.09. The average Bonchev–Trinajstić information content (AvgIpc) is 2.79. The van der Waals surface area contributed by atoms with E-state index in [0.717, 1.165) is 28.3 Å². The maximum atomic E-state index is 5.27. The van der Waals surface area contributed by atoms with Gasteiger partial charge in [0.15, 0.2) is 5.82 Å². The molecule has 4 nitrogen and oxygen atoms in total. The van der Waals surface area contributed by atoms with E-state index in [1.165, 1.54) is 4.88 Å². The van der Waals surface area contributed by atoms with Gasteiger partial charge in [-0.3, -0.25) is 0 Å². The molecule has 17 heavy (non-hydrogen) atoms. The van der Waals surface area contributed by atoms with Gasteiger partial charge < -0.3 is 10.1 Å². The van der Waals surface area contributed by atoms with Gasteiger partial charge in [0.2, 0.25) is 0 Å². The lowest BCUT2D eigenvalue weighted by molar-refractivity contribution is 0.112. The van der Waals surface area contributed by atoms with Gasteiger partial charge in [-0.05, 0) is 19.4 Å². The molecular weight excluding hydrogens is 234 g/mol. The zero-order chi connectivity index (χ0) is 12.4. The number of ether oxygens (including phenoxy) is 1. The Bertz CT molecular complexity index is 524. The number of aryl methyl sites for hydroxylation is 1. The molecule has 0 bridgehead atoms. The number of nitrogens with zero attached hydrogens (tertiary/aromatic N) is 2. The topological polar surface area (TPSA) is 47.0 Å². The molecule has 1 N–H and O–H groups in total. The summed E-state index contributed by atoms with van der Waals surface area (Å²) in [5.74, 6) is 1.61. The first-order chi connectivity index (χ1) is 8.19. The van der Waals surface area contributed by atoms with Crippen LogP contribution in [0, 0.1) is 0 Å². The summed E-state index contributed by atoms with van der Waals surface area (Å²) < 4.78 is 5.27. The van der Waals surface area contributed by atoms with Crippen molar-refractivity contribution in [3.63, 3.8) is 0 Å². The number of rotatable bonds is 4. The summed E-state index contributed by atoms with van der Waals surface area (Å²) in [6.45, 7) is 4.10. The minimum Gasteiger partial charge on any atom is -0.374 e. The van der Waals surface area contributed by atoms with Crippen molar-refractivity contribution >= 4 is 27.4 Å². The van der Waals surface area contributed by atoms with Gasteiger partial charge in [-0.25, -0.2) is 9.97 Å². The van der Waals surface area contributed by atoms with Crippen LogP contribution in [0.3, 0.4) is 0 Å². The molecule has 2 aromatic rings. The van der Waals surface area contributed by atoms with Crippen LogP contribution in [-0.2, 0) is 11.2 Å². The first-order valence-electron chi connectivity index (χ1n) is 5.70. The summed E-state index contributed by atoms with van der Waals surface area (Å²) in [4.78, 5) is 11.4. The lowest BCUT2D eigenvalue weighted by Crippen LogP contribution is -2.05. The third-order valence-corrected chi connectivity index (χ3v) is 3.94. The van der Waals surface area contributed by atoms with Crippen molar-refractivity contribution in [1.29, 1.82) is 0 Å². The number of fused-ring (bicyclic) bond motifs is 1. The van der Waals surface area contributed by atoms with Crippen LogP contribution in [-0.4, -0.2) is 24.1 Å². The van der Waals surface area contributed by atoms with Crippen molar-refractivity contribution in [3.05, 3.63) is 16.8 Å². The predicted molar refractivity (Wildman–Crippen MR) is 71.8 cm³/mol. The fourth-order valence-corrected chi connectivity index (χ4v) is 2.61. The molecule has 2 rings (SSSR count). The summed E-state index contributed by atoms with van der Waals surface area (Å²) in [5.41, 5.74) is 0. The van der Waals surface area contributed by atoms with E-state index in [1.807, 2.05) is 14.0 Å². The SMILES string of the molecule is CCc1cc2c(NC)nc(C(C)OC)nc2s1. The van der Waals surface area contributed by atoms with Crippen LogP contribution in [0.2, 0.25) is 0 Å². The third kappa shape index (κ3) is 2.25. The number of methoxy groups -OCH3 is 1. The first kappa shape index (κ1) is 12.3. The van der Waals surface area contributed by atoms with Gasteiger partial charge in [-0.1, -0.05) is 6.92 Å². The number of thiophene rings is 1. The van der Waals surface area contributed by atoms with Crippen molar-refractivity contribution in [3.8, 4) is 0 Å². The molecule has 0 aliphatic rings. The van der Waals surface area contributed by atoms with E-state index in [-0.39, 0.29) is 6.10 Å². The van der Waals surface area contributed by atoms with E-state index in [0.29, 0.717) is 0 Å². The van der Waals surface area contributed by atoms with Crippen molar-refractivity contribution < 1.29 is 4.74 Å². The number of nitrogens with one attached hydrogen (secondary N) is 1. The zero-order valence-corrected chi connectivity index (χ0v) is 11.4. The van der Waals surface area contributed by atoms with Crippen LogP contribution in [0.5, 0.6) is 0 Å². The zero-order valence-electron chi connectivity index (χ0n) is 10.6. The van der Waals surface area contributed by atoms with Crippen molar-refractivity contribution in [1.82, 2.24) is 9.97 Å². The van der Waals surface area contributed by atoms with Crippen molar-refractivity contribution in [2.24, 2.45) is 0 Å². The molecule has 0 aromatic carbocycles. The highest BCUT2D eigenvalue weighted by Crippen LogP contribution is 2.30. The molecule has 0 saturated carbocycles. The fourth-order valence-electron chi connectivity index (χ4n) is 1.64. The number of hydrogen-bond donors (Lipinski definition) is 1. The Morgan fingerprint density at radius 3 is 2.82 bits per heavy atom. The normalized spacial score (nSPS) is 12.9. The number of hydrogen-bond acceptors (Lipinski definition) is 5. The molecule has 0 aliphatic carbocycles. The molecule has 0 fully saturated rings. The Hall–Kier alpha value is -1.20. The smallest absolute Gasteiger partial charge is 0.160 e. The van der Waals surface area contributed by atoms with Gasteiger partial charge in [-0.15, -0.1) is 11.3 Å². The molecule has 0 amide bonds. The summed E-state index contributed by atoms with van der Waals surface area (Å²) >= 11 is 1.72. The lowest BCUT2D eigenvalue weighted by atomic mass is 10.3. The fraction of sp³-hybridized carbons (Fsp3) is 0.500. The van der Waals surface area contributed by atoms with Crippen molar-refractivity contribution in [2.75, 3.05) is 19.5 Å². The van der Waals surface area contributed by atoms with Crippen LogP contribution in [0.25, 0.3) is 10.2 Å². The molecule has 0 aliphatic heterocycles. The van der Waals surface area contributed by atoms with Gasteiger partial charge >= 0.3 is 0 Å². The van der Waals surface area contributed by atoms with E-state index in [4.69, 9.17) is 4.74 Å². The van der Waals surface area contributed by atoms with Crippen LogP contribution in [0.15, 0.2) is 6.07 Å². The Morgan fingerprint density at radius 2 is 2.24 bits per heavy atom. The van der Waals surface area contributed by atoms with Gasteiger partial charge in [0.05, 0.1) is 5.39 Å². The molecule has 1 unspecified atom stereocenters. The highest BCUT2D eigenvalue weighted by molar-refractivity contribution is 7.18. The van der Waals surface area contributed by atoms with E-state index in [2.05, 4.69) is 28.3 Å². The molecule has 0 radical (unpaired) electrons. The van der Waals surface area contributed by atoms with Crippen LogP contribution in [0.4, 0.5) is 5.82 Å². The van der Waals surface area contributed by atoms with E-state index >= 15 is 0 Å². The Morgan fingerprint density at radius 1 is 1.47 bits per heavy atom. The first-order valence-corrected chi connectivity index (χ1v) is 6.52. The van der Waals surface area contributed by atoms with Crippen LogP contribution in [0.1, 0.15) is 30.7 Å². The van der Waals surface area contributed by atoms with Gasteiger partial charge in [0.1, 0.15) is 16.8 Å². The van der Waals surface area contributed by atoms with E-state index in [9.17, 15) is 0 Å². The highest BCUT2D eigenvalue weighted by atomic mass is 32.1. The molecule has 2 heterocycles. The maximum Gasteiger partial charge on any atom is 0.160 e. The minimum atomic E-state index is -0.0846. The number of anilines is 1. The maximum absolute atomic E-state index is 5.27. The molecule has 0 saturated heterocycles. The molecule has 5 heteroatoms. The number of aromatic nitrogens is 2. The van der Waals surface area contributed by atoms with Crippen molar-refractivity contribution in [2.45, 2.75) is 26.4 Å². The minimum absolute atomic E-state index is 0.0846. The van der Waals surface area contributed by atoms with E-state index in [1.54, 1.807) is 18.4 Å². The standard InChI is InChI=1S/C12H17N3OS/c1-5-8-6-9-11(13-3)14-10(7(2)16-4)15-12(9)17-8/h6-7H,5H2,1-4H3,(H,13,14,15). The Labute approximate surface area is 105 Å². The third-order valence-electron chi connectivity index (χ3n) is 2.76. The Balaban J connectivity index is 2.59. The second kappa shape index (κ2) is 4.98. The van der Waals surface area contributed by atoms with Gasteiger partial charge in [0.25, 0.3) is 0 Å². The van der Waals surface area contributed by atoms with Crippen LogP contribution >= 0.6 is 11.3 Å². The quantitative estimate of drug-likeness (QED) is 0.907. The van der Waals surface area contributed by atoms with Gasteiger partial charge in [0, 0.05) is 19.0 Å². The van der Waals surface area contributed by atoms with Gasteiger partial charge in [-0.2, -0.15) is 0 Å². The predicted octanol–water partition coefficient (Wildman–Crippen LogP) is 3.00. The monoisotopic (exact) mass is 251 g/mol. The summed E-state index contributed by atoms with van der Waals surface area (Å²) in [5, 5.41) is 4.23. The molecule has 92 valence electrons. The summed E-state index contributed by atoms with van der Waals surface area (Å²) in [6.07, 6.45) is 0.943. The highest BCUT2D eigenvalue weighted by Gasteiger charge is 2.14. The average molecular weight is 251 g/mol.